The first kappa shape index (κ1) is 12.7. The molecule has 20 heavy (non-hydrogen) atoms. The smallest absolute Gasteiger partial charge is 0.311 e. The lowest BCUT2D eigenvalue weighted by Crippen LogP contribution is -2.51. The molecule has 0 saturated heterocycles. The zero-order chi connectivity index (χ0) is 13.9. The fourth-order valence-corrected chi connectivity index (χ4v) is 5.34. The van der Waals surface area contributed by atoms with E-state index in [9.17, 15) is 14.7 Å². The Morgan fingerprint density at radius 2 is 1.55 bits per heavy atom. The molecule has 0 spiro atoms. The van der Waals surface area contributed by atoms with E-state index in [1.165, 1.54) is 32.1 Å². The summed E-state index contributed by atoms with van der Waals surface area (Å²) in [5.41, 5.74) is -0.637. The largest absolute Gasteiger partial charge is 0.481 e. The van der Waals surface area contributed by atoms with Crippen molar-refractivity contribution in [1.82, 2.24) is 5.32 Å². The number of carboxylic acids is 1. The molecular weight excluding hydrogens is 254 g/mol. The summed E-state index contributed by atoms with van der Waals surface area (Å²) in [5.74, 6) is 2.46. The van der Waals surface area contributed by atoms with Crippen LogP contribution in [0.15, 0.2) is 0 Å². The van der Waals surface area contributed by atoms with Gasteiger partial charge in [0.1, 0.15) is 0 Å². The summed E-state index contributed by atoms with van der Waals surface area (Å²) in [5, 5.41) is 12.2. The van der Waals surface area contributed by atoms with Gasteiger partial charge in [0.15, 0.2) is 0 Å². The van der Waals surface area contributed by atoms with E-state index in [1.54, 1.807) is 0 Å². The van der Waals surface area contributed by atoms with Crippen LogP contribution in [0, 0.1) is 35.0 Å². The number of hydrogen-bond acceptors (Lipinski definition) is 2. The average Bonchev–Trinajstić information content (AvgIpc) is 3.16. The Morgan fingerprint density at radius 1 is 1.00 bits per heavy atom. The lowest BCUT2D eigenvalue weighted by atomic mass is 9.51. The molecule has 0 aromatic carbocycles. The van der Waals surface area contributed by atoms with Gasteiger partial charge < -0.3 is 10.4 Å². The Labute approximate surface area is 119 Å². The molecule has 5 fully saturated rings. The van der Waals surface area contributed by atoms with Gasteiger partial charge in [0.05, 0.1) is 5.41 Å². The highest BCUT2D eigenvalue weighted by Crippen LogP contribution is 2.56. The molecule has 2 N–H and O–H groups in total. The first-order chi connectivity index (χ1) is 9.57. The van der Waals surface area contributed by atoms with Crippen LogP contribution in [-0.4, -0.2) is 23.5 Å². The Bertz CT molecular complexity index is 427. The minimum absolute atomic E-state index is 0.145. The van der Waals surface area contributed by atoms with Gasteiger partial charge in [0, 0.05) is 12.5 Å². The Hall–Kier alpha value is -1.06. The molecule has 0 unspecified atom stereocenters. The summed E-state index contributed by atoms with van der Waals surface area (Å²) in [6, 6.07) is 0. The Morgan fingerprint density at radius 3 is 2.00 bits per heavy atom. The van der Waals surface area contributed by atoms with Crippen molar-refractivity contribution in [1.29, 1.82) is 0 Å². The number of carbonyl (C=O) groups excluding carboxylic acids is 1. The maximum absolute atomic E-state index is 12.5. The minimum Gasteiger partial charge on any atom is -0.481 e. The number of amides is 1. The number of hydrogen-bond donors (Lipinski definition) is 2. The number of aliphatic carboxylic acids is 1. The number of nitrogens with one attached hydrogen (secondary N) is 1. The first-order valence-corrected chi connectivity index (χ1v) is 8.08. The van der Waals surface area contributed by atoms with Gasteiger partial charge in [-0.3, -0.25) is 9.59 Å². The summed E-state index contributed by atoms with van der Waals surface area (Å²) >= 11 is 0. The lowest BCUT2D eigenvalue weighted by Gasteiger charge is -2.53. The number of carbonyl (C=O) groups is 2. The highest BCUT2D eigenvalue weighted by Gasteiger charge is 2.53. The standard InChI is InChI=1S/C16H23NO3/c18-14(17-8-16(1-2-16)15(19)20)13-11-4-9-3-10(6-11)7-12(13)5-9/h9-13H,1-8H2,(H,17,18)(H,19,20). The molecule has 0 aromatic rings. The molecule has 110 valence electrons. The summed E-state index contributed by atoms with van der Waals surface area (Å²) in [6.45, 7) is 0.337. The van der Waals surface area contributed by atoms with Crippen LogP contribution in [0.2, 0.25) is 0 Å². The van der Waals surface area contributed by atoms with Crippen LogP contribution in [0.1, 0.15) is 44.9 Å². The molecular formula is C16H23NO3. The van der Waals surface area contributed by atoms with Crippen LogP contribution in [0.5, 0.6) is 0 Å². The zero-order valence-electron chi connectivity index (χ0n) is 11.8. The lowest BCUT2D eigenvalue weighted by molar-refractivity contribution is -0.144. The van der Waals surface area contributed by atoms with E-state index in [4.69, 9.17) is 0 Å². The normalized spacial score (nSPS) is 43.3. The second-order valence-electron chi connectivity index (χ2n) is 7.76. The van der Waals surface area contributed by atoms with Crippen LogP contribution in [0.25, 0.3) is 0 Å². The predicted molar refractivity (Wildman–Crippen MR) is 72.8 cm³/mol. The van der Waals surface area contributed by atoms with Crippen molar-refractivity contribution in [3.63, 3.8) is 0 Å². The van der Waals surface area contributed by atoms with Crippen LogP contribution < -0.4 is 5.32 Å². The molecule has 4 bridgehead atoms. The molecule has 0 aromatic heterocycles. The van der Waals surface area contributed by atoms with Crippen LogP contribution in [-0.2, 0) is 9.59 Å². The molecule has 5 saturated carbocycles. The van der Waals surface area contributed by atoms with E-state index in [-0.39, 0.29) is 11.8 Å². The summed E-state index contributed by atoms with van der Waals surface area (Å²) in [7, 11) is 0. The molecule has 4 nitrogen and oxygen atoms in total. The van der Waals surface area contributed by atoms with Gasteiger partial charge in [-0.05, 0) is 68.6 Å². The van der Waals surface area contributed by atoms with E-state index in [0.717, 1.165) is 11.8 Å². The third-order valence-electron chi connectivity index (χ3n) is 6.44. The van der Waals surface area contributed by atoms with Crippen molar-refractivity contribution in [3.05, 3.63) is 0 Å². The average molecular weight is 277 g/mol. The highest BCUT2D eigenvalue weighted by atomic mass is 16.4. The van der Waals surface area contributed by atoms with Crippen LogP contribution in [0.4, 0.5) is 0 Å². The molecule has 5 aliphatic rings. The van der Waals surface area contributed by atoms with Gasteiger partial charge in [-0.25, -0.2) is 0 Å². The monoisotopic (exact) mass is 277 g/mol. The predicted octanol–water partition coefficient (Wildman–Crippen LogP) is 2.04. The van der Waals surface area contributed by atoms with Crippen molar-refractivity contribution in [2.24, 2.45) is 35.0 Å². The van der Waals surface area contributed by atoms with E-state index in [1.807, 2.05) is 0 Å². The molecule has 4 heteroatoms. The van der Waals surface area contributed by atoms with Gasteiger partial charge in [0.2, 0.25) is 5.91 Å². The van der Waals surface area contributed by atoms with Gasteiger partial charge in [-0.2, -0.15) is 0 Å². The Kier molecular flexibility index (Phi) is 2.67. The third kappa shape index (κ3) is 1.87. The summed E-state index contributed by atoms with van der Waals surface area (Å²) in [6.07, 6.45) is 7.74. The summed E-state index contributed by atoms with van der Waals surface area (Å²) in [4.78, 5) is 23.7. The SMILES string of the molecule is O=C(NCC1(C(=O)O)CC1)C1C2CC3CC(C2)CC1C3. The second kappa shape index (κ2) is 4.22. The number of rotatable bonds is 4. The van der Waals surface area contributed by atoms with Crippen molar-refractivity contribution >= 4 is 11.9 Å². The number of carboxylic acid groups (broad SMARTS) is 1. The van der Waals surface area contributed by atoms with Crippen molar-refractivity contribution in [2.75, 3.05) is 6.54 Å². The molecule has 0 atom stereocenters. The first-order valence-electron chi connectivity index (χ1n) is 8.08. The highest BCUT2D eigenvalue weighted by molar-refractivity contribution is 5.82. The maximum atomic E-state index is 12.5. The fraction of sp³-hybridized carbons (Fsp3) is 0.875. The fourth-order valence-electron chi connectivity index (χ4n) is 5.34. The van der Waals surface area contributed by atoms with Gasteiger partial charge in [0.25, 0.3) is 0 Å². The second-order valence-corrected chi connectivity index (χ2v) is 7.76. The topological polar surface area (TPSA) is 66.4 Å². The molecule has 5 rings (SSSR count). The van der Waals surface area contributed by atoms with Crippen molar-refractivity contribution in [2.45, 2.75) is 44.9 Å². The van der Waals surface area contributed by atoms with Crippen molar-refractivity contribution in [3.8, 4) is 0 Å². The van der Waals surface area contributed by atoms with Crippen LogP contribution in [0.3, 0.4) is 0 Å². The molecule has 0 aliphatic heterocycles. The third-order valence-corrected chi connectivity index (χ3v) is 6.44. The van der Waals surface area contributed by atoms with Gasteiger partial charge >= 0.3 is 5.97 Å². The van der Waals surface area contributed by atoms with E-state index in [2.05, 4.69) is 5.32 Å². The Balaban J connectivity index is 1.40. The van der Waals surface area contributed by atoms with E-state index in [0.29, 0.717) is 31.2 Å². The molecule has 0 radical (unpaired) electrons. The van der Waals surface area contributed by atoms with E-state index < -0.39 is 11.4 Å². The quantitative estimate of drug-likeness (QED) is 0.826. The van der Waals surface area contributed by atoms with E-state index >= 15 is 0 Å². The summed E-state index contributed by atoms with van der Waals surface area (Å²) < 4.78 is 0. The van der Waals surface area contributed by atoms with Crippen molar-refractivity contribution < 1.29 is 14.7 Å². The molecule has 0 heterocycles. The zero-order valence-corrected chi connectivity index (χ0v) is 11.8. The molecule has 5 aliphatic carbocycles. The van der Waals surface area contributed by atoms with Gasteiger partial charge in [-0.1, -0.05) is 0 Å². The van der Waals surface area contributed by atoms with Crippen LogP contribution >= 0.6 is 0 Å². The van der Waals surface area contributed by atoms with Gasteiger partial charge in [-0.15, -0.1) is 0 Å². The maximum Gasteiger partial charge on any atom is 0.311 e. The molecule has 1 amide bonds. The minimum atomic E-state index is -0.747.